The number of hydrogen-bond acceptors (Lipinski definition) is 4. The zero-order chi connectivity index (χ0) is 18.8. The van der Waals surface area contributed by atoms with Crippen LogP contribution >= 0.6 is 31.9 Å². The van der Waals surface area contributed by atoms with Gasteiger partial charge >= 0.3 is 0 Å². The first-order valence-corrected chi connectivity index (χ1v) is 8.94. The highest BCUT2D eigenvalue weighted by atomic mass is 79.9. The van der Waals surface area contributed by atoms with Gasteiger partial charge in [0.1, 0.15) is 0 Å². The van der Waals surface area contributed by atoms with Gasteiger partial charge in [-0.25, -0.2) is 0 Å². The van der Waals surface area contributed by atoms with Gasteiger partial charge in [0.25, 0.3) is 11.4 Å². The summed E-state index contributed by atoms with van der Waals surface area (Å²) in [6, 6.07) is 16.2. The summed E-state index contributed by atoms with van der Waals surface area (Å²) in [6.07, 6.45) is 0. The largest absolute Gasteiger partial charge is 0.269 e. The Labute approximate surface area is 165 Å². The van der Waals surface area contributed by atoms with E-state index in [0.717, 1.165) is 31.2 Å². The van der Waals surface area contributed by atoms with Crippen LogP contribution in [0.2, 0.25) is 0 Å². The number of hydrogen-bond donors (Lipinski definition) is 0. The maximum atomic E-state index is 10.9. The molecule has 0 fully saturated rings. The number of rotatable bonds is 4. The highest BCUT2D eigenvalue weighted by molar-refractivity contribution is 9.11. The van der Waals surface area contributed by atoms with Gasteiger partial charge in [-0.3, -0.25) is 20.2 Å². The van der Waals surface area contributed by atoms with Crippen molar-refractivity contribution in [3.05, 3.63) is 89.8 Å². The Balaban J connectivity index is 2.18. The summed E-state index contributed by atoms with van der Waals surface area (Å²) in [6.45, 7) is 0. The third kappa shape index (κ3) is 3.51. The minimum atomic E-state index is -0.447. The van der Waals surface area contributed by atoms with Crippen LogP contribution in [0, 0.1) is 20.2 Å². The minimum Gasteiger partial charge on any atom is -0.258 e. The van der Waals surface area contributed by atoms with E-state index in [0.29, 0.717) is 0 Å². The van der Waals surface area contributed by atoms with Crippen LogP contribution < -0.4 is 0 Å². The number of nitro benzene ring substituents is 2. The van der Waals surface area contributed by atoms with E-state index in [1.165, 1.54) is 24.3 Å². The molecular weight excluding hydrogens is 468 g/mol. The van der Waals surface area contributed by atoms with Crippen molar-refractivity contribution in [2.75, 3.05) is 0 Å². The molecule has 8 heteroatoms. The lowest BCUT2D eigenvalue weighted by atomic mass is 9.94. The van der Waals surface area contributed by atoms with Crippen LogP contribution in [-0.4, -0.2) is 9.85 Å². The summed E-state index contributed by atoms with van der Waals surface area (Å²) in [5.74, 6) is 0. The molecule has 3 aromatic rings. The van der Waals surface area contributed by atoms with E-state index < -0.39 is 9.85 Å². The van der Waals surface area contributed by atoms with Crippen LogP contribution in [-0.2, 0) is 0 Å². The third-order valence-electron chi connectivity index (χ3n) is 3.84. The van der Waals surface area contributed by atoms with E-state index in [1.807, 2.05) is 12.1 Å². The van der Waals surface area contributed by atoms with Gasteiger partial charge in [0.2, 0.25) is 0 Å². The van der Waals surface area contributed by atoms with Gasteiger partial charge in [-0.05, 0) is 47.5 Å². The summed E-state index contributed by atoms with van der Waals surface area (Å²) in [7, 11) is 0. The quantitative estimate of drug-likeness (QED) is 0.323. The number of nitrogens with zero attached hydrogens (tertiary/aromatic N) is 2. The molecule has 0 amide bonds. The Kier molecular flexibility index (Phi) is 5.15. The smallest absolute Gasteiger partial charge is 0.258 e. The lowest BCUT2D eigenvalue weighted by Gasteiger charge is -2.14. The second-order valence-electron chi connectivity index (χ2n) is 5.39. The molecular formula is C18H10Br2N2O4. The van der Waals surface area contributed by atoms with Crippen molar-refractivity contribution in [1.29, 1.82) is 0 Å². The summed E-state index contributed by atoms with van der Waals surface area (Å²) in [5, 5.41) is 21.8. The molecule has 0 heterocycles. The first kappa shape index (κ1) is 18.2. The number of nitro groups is 2. The van der Waals surface area contributed by atoms with Gasteiger partial charge in [0, 0.05) is 44.3 Å². The predicted molar refractivity (Wildman–Crippen MR) is 106 cm³/mol. The Hall–Kier alpha value is -2.58. The number of benzene rings is 3. The number of non-ortho nitro benzene ring substituents is 2. The van der Waals surface area contributed by atoms with E-state index in [2.05, 4.69) is 31.9 Å². The highest BCUT2D eigenvalue weighted by Gasteiger charge is 2.17. The molecule has 3 aromatic carbocycles. The molecule has 6 nitrogen and oxygen atoms in total. The zero-order valence-corrected chi connectivity index (χ0v) is 16.2. The van der Waals surface area contributed by atoms with E-state index in [1.54, 1.807) is 24.3 Å². The van der Waals surface area contributed by atoms with Crippen molar-refractivity contribution < 1.29 is 9.85 Å². The fourth-order valence-electron chi connectivity index (χ4n) is 2.62. The van der Waals surface area contributed by atoms with Crippen molar-refractivity contribution in [2.24, 2.45) is 0 Å². The average Bonchev–Trinajstić information content (AvgIpc) is 2.63. The fraction of sp³-hybridized carbons (Fsp3) is 0. The first-order valence-electron chi connectivity index (χ1n) is 7.36. The van der Waals surface area contributed by atoms with Crippen LogP contribution in [0.25, 0.3) is 22.3 Å². The molecule has 130 valence electrons. The lowest BCUT2D eigenvalue weighted by molar-refractivity contribution is -0.385. The van der Waals surface area contributed by atoms with Gasteiger partial charge in [0.15, 0.2) is 0 Å². The molecule has 0 aliphatic rings. The monoisotopic (exact) mass is 476 g/mol. The predicted octanol–water partition coefficient (Wildman–Crippen LogP) is 6.36. The summed E-state index contributed by atoms with van der Waals surface area (Å²) < 4.78 is 1.62. The molecule has 0 aliphatic carbocycles. The molecule has 3 rings (SSSR count). The van der Waals surface area contributed by atoms with Gasteiger partial charge in [0.05, 0.1) is 9.85 Å². The molecule has 0 atom stereocenters. The van der Waals surface area contributed by atoms with Crippen molar-refractivity contribution >= 4 is 43.2 Å². The summed E-state index contributed by atoms with van der Waals surface area (Å²) >= 11 is 7.08. The average molecular weight is 478 g/mol. The summed E-state index contributed by atoms with van der Waals surface area (Å²) in [4.78, 5) is 20.9. The molecule has 0 aromatic heterocycles. The first-order chi connectivity index (χ1) is 12.4. The standard InChI is InChI=1S/C18H10Br2N2O4/c19-15-9-10-16(20)18(12-3-7-14(8-4-12)22(25)26)17(15)11-1-5-13(6-2-11)21(23)24/h1-10H. The number of halogens is 2. The van der Waals surface area contributed by atoms with E-state index in [9.17, 15) is 20.2 Å². The van der Waals surface area contributed by atoms with Crippen molar-refractivity contribution in [2.45, 2.75) is 0 Å². The molecule has 0 unspecified atom stereocenters. The molecule has 0 aliphatic heterocycles. The molecule has 0 N–H and O–H groups in total. The Bertz CT molecular complexity index is 920. The van der Waals surface area contributed by atoms with E-state index >= 15 is 0 Å². The van der Waals surface area contributed by atoms with Gasteiger partial charge in [-0.15, -0.1) is 0 Å². The molecule has 0 bridgehead atoms. The van der Waals surface area contributed by atoms with Crippen LogP contribution in [0.4, 0.5) is 11.4 Å². The minimum absolute atomic E-state index is 0.0109. The second-order valence-corrected chi connectivity index (χ2v) is 7.10. The van der Waals surface area contributed by atoms with Crippen LogP contribution in [0.15, 0.2) is 69.6 Å². The summed E-state index contributed by atoms with van der Waals surface area (Å²) in [5.41, 5.74) is 3.27. The van der Waals surface area contributed by atoms with E-state index in [4.69, 9.17) is 0 Å². The van der Waals surface area contributed by atoms with Crippen LogP contribution in [0.5, 0.6) is 0 Å². The maximum absolute atomic E-state index is 10.9. The fourth-order valence-corrected chi connectivity index (χ4v) is 3.73. The van der Waals surface area contributed by atoms with E-state index in [-0.39, 0.29) is 11.4 Å². The molecule has 0 spiro atoms. The van der Waals surface area contributed by atoms with Gasteiger partial charge < -0.3 is 0 Å². The van der Waals surface area contributed by atoms with Crippen molar-refractivity contribution in [1.82, 2.24) is 0 Å². The highest BCUT2D eigenvalue weighted by Crippen LogP contribution is 2.42. The zero-order valence-electron chi connectivity index (χ0n) is 13.1. The normalized spacial score (nSPS) is 10.5. The molecule has 0 radical (unpaired) electrons. The van der Waals surface area contributed by atoms with Gasteiger partial charge in [-0.2, -0.15) is 0 Å². The van der Waals surface area contributed by atoms with Gasteiger partial charge in [-0.1, -0.05) is 31.9 Å². The third-order valence-corrected chi connectivity index (χ3v) is 5.16. The SMILES string of the molecule is O=[N+]([O-])c1ccc(-c2c(Br)ccc(Br)c2-c2ccc([N+](=O)[O-])cc2)cc1. The van der Waals surface area contributed by atoms with Crippen molar-refractivity contribution in [3.63, 3.8) is 0 Å². The van der Waals surface area contributed by atoms with Crippen LogP contribution in [0.1, 0.15) is 0 Å². The van der Waals surface area contributed by atoms with Crippen LogP contribution in [0.3, 0.4) is 0 Å². The Morgan fingerprint density at radius 1 is 0.577 bits per heavy atom. The van der Waals surface area contributed by atoms with Crippen molar-refractivity contribution in [3.8, 4) is 22.3 Å². The lowest BCUT2D eigenvalue weighted by Crippen LogP contribution is -1.92. The molecule has 26 heavy (non-hydrogen) atoms. The molecule has 0 saturated carbocycles. The second kappa shape index (κ2) is 7.35. The topological polar surface area (TPSA) is 86.3 Å². The Morgan fingerprint density at radius 2 is 0.885 bits per heavy atom. The molecule has 0 saturated heterocycles. The maximum Gasteiger partial charge on any atom is 0.269 e. The Morgan fingerprint density at radius 3 is 1.15 bits per heavy atom.